The van der Waals surface area contributed by atoms with Crippen molar-refractivity contribution in [3.05, 3.63) is 47.4 Å². The van der Waals surface area contributed by atoms with Crippen LogP contribution in [-0.2, 0) is 4.79 Å². The molecule has 156 valence electrons. The molecule has 1 amide bonds. The van der Waals surface area contributed by atoms with E-state index in [1.54, 1.807) is 23.3 Å². The van der Waals surface area contributed by atoms with Gasteiger partial charge in [0.15, 0.2) is 11.5 Å². The molecule has 30 heavy (non-hydrogen) atoms. The highest BCUT2D eigenvalue weighted by Crippen LogP contribution is 2.45. The number of aromatic nitrogens is 3. The van der Waals surface area contributed by atoms with Gasteiger partial charge in [0.1, 0.15) is 0 Å². The predicted octanol–water partition coefficient (Wildman–Crippen LogP) is 4.94. The Morgan fingerprint density at radius 3 is 2.73 bits per heavy atom. The van der Waals surface area contributed by atoms with Gasteiger partial charge in [0, 0.05) is 18.2 Å². The number of hydrogen-bond acceptors (Lipinski definition) is 7. The molecular formula is C22H24N4O3S. The van der Waals surface area contributed by atoms with E-state index in [-0.39, 0.29) is 5.91 Å². The largest absolute Gasteiger partial charge is 0.463 e. The van der Waals surface area contributed by atoms with Crippen molar-refractivity contribution in [3.8, 4) is 17.1 Å². The Morgan fingerprint density at radius 2 is 2.07 bits per heavy atom. The summed E-state index contributed by atoms with van der Waals surface area (Å²) in [7, 11) is 0. The molecule has 3 heterocycles. The first-order valence-electron chi connectivity index (χ1n) is 9.84. The third-order valence-electron chi connectivity index (χ3n) is 4.71. The standard InChI is InChI=1S/C22H24N4O3S/c1-12(2)11-30-22-23-20-18(24-25-22)16-10-13(3)9-14(4)19(16)26(15(5)27)21(29-20)17-7-6-8-28-17/h6-10,12,21H,11H2,1-5H3/t21-/m1/s1. The number of furan rings is 1. The quantitative estimate of drug-likeness (QED) is 0.549. The first-order chi connectivity index (χ1) is 14.3. The number of ether oxygens (including phenoxy) is 1. The van der Waals surface area contributed by atoms with Crippen molar-refractivity contribution in [2.45, 2.75) is 46.0 Å². The normalized spacial score (nSPS) is 15.4. The molecule has 0 unspecified atom stereocenters. The third kappa shape index (κ3) is 3.79. The number of amides is 1. The minimum Gasteiger partial charge on any atom is -0.463 e. The van der Waals surface area contributed by atoms with Crippen LogP contribution < -0.4 is 9.64 Å². The van der Waals surface area contributed by atoms with Crippen LogP contribution in [-0.4, -0.2) is 26.8 Å². The third-order valence-corrected chi connectivity index (χ3v) is 5.97. The lowest BCUT2D eigenvalue weighted by Gasteiger charge is -2.29. The summed E-state index contributed by atoms with van der Waals surface area (Å²) in [5.41, 5.74) is 4.01. The van der Waals surface area contributed by atoms with E-state index in [2.05, 4.69) is 29.0 Å². The molecule has 0 N–H and O–H groups in total. The minimum atomic E-state index is -0.793. The molecule has 0 fully saturated rings. The molecule has 1 aliphatic rings. The second kappa shape index (κ2) is 8.10. The number of benzene rings is 1. The molecule has 3 aromatic rings. The van der Waals surface area contributed by atoms with Crippen LogP contribution in [0.25, 0.3) is 11.3 Å². The van der Waals surface area contributed by atoms with Crippen LogP contribution in [0.4, 0.5) is 5.69 Å². The number of nitrogens with zero attached hydrogens (tertiary/aromatic N) is 4. The molecule has 0 aliphatic carbocycles. The van der Waals surface area contributed by atoms with E-state index in [1.807, 2.05) is 26.0 Å². The van der Waals surface area contributed by atoms with Crippen molar-refractivity contribution in [1.29, 1.82) is 0 Å². The molecule has 8 heteroatoms. The van der Waals surface area contributed by atoms with Gasteiger partial charge < -0.3 is 9.15 Å². The summed E-state index contributed by atoms with van der Waals surface area (Å²) in [6.45, 7) is 9.77. The fraction of sp³-hybridized carbons (Fsp3) is 0.364. The highest BCUT2D eigenvalue weighted by molar-refractivity contribution is 7.99. The molecule has 1 aromatic carbocycles. The Kier molecular flexibility index (Phi) is 5.51. The monoisotopic (exact) mass is 424 g/mol. The van der Waals surface area contributed by atoms with E-state index < -0.39 is 6.23 Å². The van der Waals surface area contributed by atoms with Crippen molar-refractivity contribution in [2.24, 2.45) is 5.92 Å². The van der Waals surface area contributed by atoms with Gasteiger partial charge in [-0.3, -0.25) is 9.69 Å². The first-order valence-corrected chi connectivity index (χ1v) is 10.8. The average Bonchev–Trinajstić information content (AvgIpc) is 3.17. The molecule has 2 aromatic heterocycles. The lowest BCUT2D eigenvalue weighted by molar-refractivity contribution is -0.118. The first kappa shape index (κ1) is 20.4. The van der Waals surface area contributed by atoms with Gasteiger partial charge in [-0.1, -0.05) is 37.2 Å². The molecule has 1 atom stereocenters. The number of rotatable bonds is 4. The number of aryl methyl sites for hydroxylation is 2. The second-order valence-corrected chi connectivity index (χ2v) is 8.79. The number of fused-ring (bicyclic) bond motifs is 3. The van der Waals surface area contributed by atoms with Gasteiger partial charge in [0.05, 0.1) is 12.0 Å². The van der Waals surface area contributed by atoms with Crippen molar-refractivity contribution in [3.63, 3.8) is 0 Å². The zero-order valence-corrected chi connectivity index (χ0v) is 18.5. The lowest BCUT2D eigenvalue weighted by atomic mass is 10.0. The number of carbonyl (C=O) groups is 1. The zero-order chi connectivity index (χ0) is 21.4. The minimum absolute atomic E-state index is 0.167. The maximum absolute atomic E-state index is 12.8. The SMILES string of the molecule is CC(=O)N1c2c(C)cc(C)cc2-c2nnc(SCC(C)C)nc2O[C@@H]1c1ccco1. The summed E-state index contributed by atoms with van der Waals surface area (Å²) in [4.78, 5) is 19.0. The van der Waals surface area contributed by atoms with Crippen molar-refractivity contribution in [2.75, 3.05) is 10.7 Å². The van der Waals surface area contributed by atoms with Crippen LogP contribution >= 0.6 is 11.8 Å². The maximum Gasteiger partial charge on any atom is 0.247 e. The molecule has 1 aliphatic heterocycles. The van der Waals surface area contributed by atoms with Gasteiger partial charge in [0.25, 0.3) is 0 Å². The fourth-order valence-corrected chi connectivity index (χ4v) is 4.26. The summed E-state index contributed by atoms with van der Waals surface area (Å²) < 4.78 is 11.9. The van der Waals surface area contributed by atoms with Crippen molar-refractivity contribution >= 4 is 23.4 Å². The van der Waals surface area contributed by atoms with Crippen LogP contribution in [0, 0.1) is 19.8 Å². The van der Waals surface area contributed by atoms with Gasteiger partial charge in [-0.15, -0.1) is 10.2 Å². The summed E-state index contributed by atoms with van der Waals surface area (Å²) >= 11 is 1.53. The molecule has 0 saturated carbocycles. The van der Waals surface area contributed by atoms with Gasteiger partial charge in [0.2, 0.25) is 23.2 Å². The average molecular weight is 425 g/mol. The van der Waals surface area contributed by atoms with Gasteiger partial charge in [-0.25, -0.2) is 0 Å². The van der Waals surface area contributed by atoms with Crippen LogP contribution in [0.5, 0.6) is 5.88 Å². The highest BCUT2D eigenvalue weighted by atomic mass is 32.2. The smallest absolute Gasteiger partial charge is 0.247 e. The topological polar surface area (TPSA) is 81.4 Å². The predicted molar refractivity (Wildman–Crippen MR) is 116 cm³/mol. The number of anilines is 1. The highest BCUT2D eigenvalue weighted by Gasteiger charge is 2.37. The molecule has 7 nitrogen and oxygen atoms in total. The Labute approximate surface area is 179 Å². The van der Waals surface area contributed by atoms with Crippen LogP contribution in [0.1, 0.15) is 43.9 Å². The van der Waals surface area contributed by atoms with Gasteiger partial charge in [-0.05, 0) is 43.5 Å². The van der Waals surface area contributed by atoms with E-state index in [0.29, 0.717) is 28.4 Å². The molecule has 0 radical (unpaired) electrons. The van der Waals surface area contributed by atoms with E-state index in [4.69, 9.17) is 9.15 Å². The van der Waals surface area contributed by atoms with Crippen LogP contribution in [0.2, 0.25) is 0 Å². The fourth-order valence-electron chi connectivity index (χ4n) is 3.53. The summed E-state index contributed by atoms with van der Waals surface area (Å²) in [6, 6.07) is 7.58. The van der Waals surface area contributed by atoms with Gasteiger partial charge in [-0.2, -0.15) is 4.98 Å². The molecule has 0 bridgehead atoms. The van der Waals surface area contributed by atoms with Crippen LogP contribution in [0.3, 0.4) is 0 Å². The Morgan fingerprint density at radius 1 is 1.27 bits per heavy atom. The summed E-state index contributed by atoms with van der Waals surface area (Å²) in [5, 5.41) is 9.32. The van der Waals surface area contributed by atoms with E-state index >= 15 is 0 Å². The summed E-state index contributed by atoms with van der Waals surface area (Å²) in [5.74, 6) is 2.05. The Bertz CT molecular complexity index is 1080. The summed E-state index contributed by atoms with van der Waals surface area (Å²) in [6.07, 6.45) is 0.770. The Balaban J connectivity index is 1.93. The maximum atomic E-state index is 12.8. The van der Waals surface area contributed by atoms with E-state index in [0.717, 1.165) is 28.1 Å². The number of thioether (sulfide) groups is 1. The molecular weight excluding hydrogens is 400 g/mol. The van der Waals surface area contributed by atoms with E-state index in [9.17, 15) is 4.79 Å². The lowest BCUT2D eigenvalue weighted by Crippen LogP contribution is -2.36. The van der Waals surface area contributed by atoms with E-state index in [1.165, 1.54) is 18.7 Å². The zero-order valence-electron chi connectivity index (χ0n) is 17.7. The molecule has 0 spiro atoms. The van der Waals surface area contributed by atoms with Gasteiger partial charge >= 0.3 is 0 Å². The van der Waals surface area contributed by atoms with Crippen LogP contribution in [0.15, 0.2) is 40.1 Å². The number of carbonyl (C=O) groups excluding carboxylic acids is 1. The number of hydrogen-bond donors (Lipinski definition) is 0. The Hall–Kier alpha value is -2.87. The molecule has 0 saturated heterocycles. The molecule has 4 rings (SSSR count). The van der Waals surface area contributed by atoms with Crippen molar-refractivity contribution < 1.29 is 13.9 Å². The second-order valence-electron chi connectivity index (χ2n) is 7.81. The van der Waals surface area contributed by atoms with Crippen molar-refractivity contribution in [1.82, 2.24) is 15.2 Å².